The van der Waals surface area contributed by atoms with E-state index in [1.54, 1.807) is 0 Å². The van der Waals surface area contributed by atoms with Crippen LogP contribution >= 0.6 is 18.2 Å². The second-order valence-corrected chi connectivity index (χ2v) is 17.6. The van der Waals surface area contributed by atoms with Gasteiger partial charge in [-0.15, -0.1) is 11.3 Å². The van der Waals surface area contributed by atoms with Crippen LogP contribution in [-0.4, -0.2) is 5.80 Å². The minimum atomic E-state index is -2.00. The monoisotopic (exact) mass is 712 g/mol. The van der Waals surface area contributed by atoms with Gasteiger partial charge in [-0.05, 0) is 85.3 Å². The van der Waals surface area contributed by atoms with Crippen molar-refractivity contribution in [2.45, 2.75) is 0 Å². The van der Waals surface area contributed by atoms with Crippen LogP contribution in [-0.2, 0) is 0 Å². The van der Waals surface area contributed by atoms with E-state index >= 15 is 0 Å². The molecule has 0 N–H and O–H groups in total. The lowest BCUT2D eigenvalue weighted by Crippen LogP contribution is -2.17. The van der Waals surface area contributed by atoms with Crippen LogP contribution in [0.2, 0.25) is 0 Å². The van der Waals surface area contributed by atoms with Crippen LogP contribution in [0.5, 0.6) is 0 Å². The van der Waals surface area contributed by atoms with Crippen LogP contribution in [0.4, 0.5) is 0 Å². The first-order chi connectivity index (χ1) is 26.2. The summed E-state index contributed by atoms with van der Waals surface area (Å²) < 4.78 is 0. The van der Waals surface area contributed by atoms with E-state index in [0.717, 1.165) is 0 Å². The summed E-state index contributed by atoms with van der Waals surface area (Å²) in [7, 11) is 0. The fourth-order valence-corrected chi connectivity index (χ4v) is 11.4. The summed E-state index contributed by atoms with van der Waals surface area (Å²) in [4.78, 5) is 2.58. The van der Waals surface area contributed by atoms with Crippen LogP contribution in [0.15, 0.2) is 218 Å². The quantitative estimate of drug-likeness (QED) is 0.138. The molecule has 1 aliphatic rings. The van der Waals surface area contributed by atoms with Crippen LogP contribution in [0.1, 0.15) is 5.56 Å². The minimum Gasteiger partial charge on any atom is -0.135 e. The topological polar surface area (TPSA) is 0 Å². The Hall–Kier alpha value is -5.98. The molecule has 1 unspecified atom stereocenters. The highest BCUT2D eigenvalue weighted by Crippen LogP contribution is 2.50. The van der Waals surface area contributed by atoms with Crippen molar-refractivity contribution in [3.8, 4) is 54.3 Å². The van der Waals surface area contributed by atoms with Crippen molar-refractivity contribution in [3.63, 3.8) is 0 Å². The zero-order valence-electron chi connectivity index (χ0n) is 29.2. The Morgan fingerprint density at radius 1 is 0.302 bits per heavy atom. The maximum absolute atomic E-state index is 2.49. The van der Waals surface area contributed by atoms with Gasteiger partial charge in [0.25, 0.3) is 0 Å². The highest BCUT2D eigenvalue weighted by molar-refractivity contribution is 7.91. The van der Waals surface area contributed by atoms with Gasteiger partial charge in [0, 0.05) is 9.75 Å². The Balaban J connectivity index is 1.06. The van der Waals surface area contributed by atoms with Gasteiger partial charge < -0.3 is 0 Å². The molecule has 9 rings (SSSR count). The predicted octanol–water partition coefficient (Wildman–Crippen LogP) is 13.5. The molecule has 0 radical (unpaired) electrons. The van der Waals surface area contributed by atoms with Gasteiger partial charge in [0.2, 0.25) is 0 Å². The number of allylic oxidation sites excluding steroid dienone is 3. The van der Waals surface area contributed by atoms with Gasteiger partial charge in [-0.25, -0.2) is 0 Å². The molecule has 0 fully saturated rings. The van der Waals surface area contributed by atoms with E-state index in [2.05, 4.69) is 224 Å². The molecule has 8 aromatic rings. The number of benzene rings is 7. The fraction of sp³-hybridized carbons (Fsp3) is 0. The van der Waals surface area contributed by atoms with Gasteiger partial charge in [0.15, 0.2) is 0 Å². The van der Waals surface area contributed by atoms with E-state index in [1.807, 2.05) is 11.3 Å². The third-order valence-electron chi connectivity index (χ3n) is 10.2. The van der Waals surface area contributed by atoms with Crippen molar-refractivity contribution in [1.82, 2.24) is 0 Å². The van der Waals surface area contributed by atoms with Gasteiger partial charge in [-0.1, -0.05) is 212 Å². The van der Waals surface area contributed by atoms with Gasteiger partial charge in [-0.3, -0.25) is 0 Å². The van der Waals surface area contributed by atoms with Gasteiger partial charge in [-0.2, -0.15) is 0 Å². The summed E-state index contributed by atoms with van der Waals surface area (Å²) >= 11 is 1.85. The fourth-order valence-electron chi connectivity index (χ4n) is 7.18. The lowest BCUT2D eigenvalue weighted by atomic mass is 10.0. The van der Waals surface area contributed by atoms with E-state index in [1.165, 1.54) is 76.0 Å². The van der Waals surface area contributed by atoms with Crippen LogP contribution in [0, 0.1) is 0 Å². The lowest BCUT2D eigenvalue weighted by molar-refractivity contribution is 1.58. The van der Waals surface area contributed by atoms with E-state index in [-0.39, 0.29) is 0 Å². The van der Waals surface area contributed by atoms with Crippen molar-refractivity contribution in [3.05, 3.63) is 224 Å². The molecule has 1 atom stereocenters. The normalized spacial score (nSPS) is 15.1. The molecular weight excluding hydrogens is 676 g/mol. The highest BCUT2D eigenvalue weighted by atomic mass is 32.1. The summed E-state index contributed by atoms with van der Waals surface area (Å²) in [6, 6.07) is 72.8. The van der Waals surface area contributed by atoms with Crippen molar-refractivity contribution in [1.29, 1.82) is 0 Å². The molecule has 0 amide bonds. The zero-order valence-corrected chi connectivity index (χ0v) is 30.9. The van der Waals surface area contributed by atoms with E-state index in [0.29, 0.717) is 0 Å². The molecule has 0 bridgehead atoms. The molecule has 0 saturated carbocycles. The Kier molecular flexibility index (Phi) is 9.04. The van der Waals surface area contributed by atoms with Crippen LogP contribution in [0.3, 0.4) is 0 Å². The average Bonchev–Trinajstić information content (AvgIpc) is 3.76. The molecule has 0 spiro atoms. The van der Waals surface area contributed by atoms with Crippen molar-refractivity contribution < 1.29 is 0 Å². The van der Waals surface area contributed by atoms with Crippen LogP contribution < -0.4 is 10.6 Å². The lowest BCUT2D eigenvalue weighted by Gasteiger charge is -2.27. The zero-order chi connectivity index (χ0) is 35.5. The van der Waals surface area contributed by atoms with E-state index in [9.17, 15) is 0 Å². The molecule has 0 aliphatic carbocycles. The molecule has 252 valence electrons. The molecule has 1 aliphatic heterocycles. The highest BCUT2D eigenvalue weighted by Gasteiger charge is 2.22. The number of thiophene rings is 1. The van der Waals surface area contributed by atoms with Crippen molar-refractivity contribution in [2.75, 3.05) is 0 Å². The molecule has 0 nitrogen and oxygen atoms in total. The molecule has 1 aromatic heterocycles. The molecule has 2 heteroatoms. The molecule has 2 heterocycles. The van der Waals surface area contributed by atoms with Crippen molar-refractivity contribution >= 4 is 40.2 Å². The van der Waals surface area contributed by atoms with Gasteiger partial charge >= 0.3 is 0 Å². The maximum Gasteiger partial charge on any atom is 0.0349 e. The molecule has 7 aromatic carbocycles. The minimum absolute atomic E-state index is 1.23. The predicted molar refractivity (Wildman–Crippen MR) is 234 cm³/mol. The van der Waals surface area contributed by atoms with E-state index < -0.39 is 6.89 Å². The maximum atomic E-state index is 2.49. The average molecular weight is 713 g/mol. The Bertz CT molecular complexity index is 2590. The first-order valence-corrected chi connectivity index (χ1v) is 20.8. The first kappa shape index (κ1) is 32.9. The first-order valence-electron chi connectivity index (χ1n) is 18.0. The third kappa shape index (κ3) is 6.74. The smallest absolute Gasteiger partial charge is 0.0349 e. The SMILES string of the molecule is C1=CP(c2ccc(-c3ccc(-c4ccccc4)cc3)cc2)(c2ccc(-c3ccc(-c4ccccc4)s3)cc2)=CC=C1c1ccc(-c2ccccc2)cc1. The van der Waals surface area contributed by atoms with Crippen molar-refractivity contribution in [2.24, 2.45) is 0 Å². The number of rotatable bonds is 8. The summed E-state index contributed by atoms with van der Waals surface area (Å²) in [5.41, 5.74) is 12.4. The Morgan fingerprint density at radius 2 is 0.642 bits per heavy atom. The molecule has 53 heavy (non-hydrogen) atoms. The largest absolute Gasteiger partial charge is 0.135 e. The standard InChI is InChI=1S/C51H37PS/c1-4-10-38(11-5-1)40-16-20-42(21-17-40)44-24-28-48(29-25-44)52(36-34-45(35-37-52)43-22-18-41(19-23-43)39-12-6-2-7-13-39)49-30-26-47(27-31-49)51-33-32-50(53-51)46-14-8-3-9-15-46/h1-37H. The second kappa shape index (κ2) is 14.6. The van der Waals surface area contributed by atoms with Gasteiger partial charge in [0.1, 0.15) is 0 Å². The number of hydrogen-bond donors (Lipinski definition) is 0. The Morgan fingerprint density at radius 3 is 1.06 bits per heavy atom. The Labute approximate surface area is 316 Å². The van der Waals surface area contributed by atoms with Crippen LogP contribution in [0.25, 0.3) is 59.8 Å². The summed E-state index contributed by atoms with van der Waals surface area (Å²) in [5, 5.41) is 2.70. The number of hydrogen-bond acceptors (Lipinski definition) is 1. The molecular formula is C51H37PS. The summed E-state index contributed by atoms with van der Waals surface area (Å²) in [6.07, 6.45) is 4.70. The van der Waals surface area contributed by atoms with E-state index in [4.69, 9.17) is 0 Å². The molecule has 0 saturated heterocycles. The van der Waals surface area contributed by atoms with Gasteiger partial charge in [0.05, 0.1) is 0 Å². The summed E-state index contributed by atoms with van der Waals surface area (Å²) in [6.45, 7) is -2.00. The second-order valence-electron chi connectivity index (χ2n) is 13.4. The summed E-state index contributed by atoms with van der Waals surface area (Å²) in [5.74, 6) is 4.98. The third-order valence-corrected chi connectivity index (χ3v) is 14.9.